The predicted octanol–water partition coefficient (Wildman–Crippen LogP) is 4.30. The van der Waals surface area contributed by atoms with Crippen molar-refractivity contribution in [1.82, 2.24) is 9.78 Å². The molecule has 1 heterocycles. The zero-order chi connectivity index (χ0) is 17.1. The van der Waals surface area contributed by atoms with Gasteiger partial charge in [0.2, 0.25) is 5.91 Å². The third-order valence-corrected chi connectivity index (χ3v) is 3.27. The SMILES string of the molecule is O=C(Cn1nc(C(F)F)cc1C(F)F)Nc1ccc(Br)cc1F. The molecule has 2 rings (SSSR count). The van der Waals surface area contributed by atoms with Gasteiger partial charge >= 0.3 is 0 Å². The fourth-order valence-electron chi connectivity index (χ4n) is 1.78. The maximum Gasteiger partial charge on any atom is 0.282 e. The van der Waals surface area contributed by atoms with E-state index in [0.717, 1.165) is 6.07 Å². The van der Waals surface area contributed by atoms with E-state index in [0.29, 0.717) is 15.2 Å². The Labute approximate surface area is 135 Å². The number of carbonyl (C=O) groups excluding carboxylic acids is 1. The Kier molecular flexibility index (Phi) is 5.34. The first-order chi connectivity index (χ1) is 10.8. The van der Waals surface area contributed by atoms with Crippen LogP contribution in [0.15, 0.2) is 28.7 Å². The molecule has 1 aromatic carbocycles. The van der Waals surface area contributed by atoms with Crippen molar-refractivity contribution in [2.24, 2.45) is 0 Å². The van der Waals surface area contributed by atoms with Crippen LogP contribution in [0.25, 0.3) is 0 Å². The third kappa shape index (κ3) is 4.27. The van der Waals surface area contributed by atoms with Crippen molar-refractivity contribution in [2.45, 2.75) is 19.4 Å². The number of hydrogen-bond acceptors (Lipinski definition) is 2. The van der Waals surface area contributed by atoms with E-state index in [1.807, 2.05) is 0 Å². The van der Waals surface area contributed by atoms with Crippen molar-refractivity contribution in [3.05, 3.63) is 45.9 Å². The molecule has 2 aromatic rings. The van der Waals surface area contributed by atoms with Crippen molar-refractivity contribution in [2.75, 3.05) is 5.32 Å². The first-order valence-corrected chi connectivity index (χ1v) is 6.96. The molecule has 10 heteroatoms. The number of nitrogens with zero attached hydrogens (tertiary/aromatic N) is 2. The van der Waals surface area contributed by atoms with Gasteiger partial charge in [-0.15, -0.1) is 0 Å². The van der Waals surface area contributed by atoms with Gasteiger partial charge in [-0.3, -0.25) is 9.48 Å². The quantitative estimate of drug-likeness (QED) is 0.764. The molecule has 124 valence electrons. The summed E-state index contributed by atoms with van der Waals surface area (Å²) in [5.41, 5.74) is -1.84. The van der Waals surface area contributed by atoms with Crippen LogP contribution in [0, 0.1) is 5.82 Å². The van der Waals surface area contributed by atoms with Crippen LogP contribution in [0.2, 0.25) is 0 Å². The standard InChI is InChI=1S/C13H9BrF5N3O/c14-6-1-2-8(7(15)3-6)20-11(23)5-22-10(13(18)19)4-9(21-22)12(16)17/h1-4,12-13H,5H2,(H,20,23). The minimum atomic E-state index is -3.08. The molecule has 0 atom stereocenters. The maximum atomic E-state index is 13.6. The van der Waals surface area contributed by atoms with Gasteiger partial charge in [-0.2, -0.15) is 5.10 Å². The predicted molar refractivity (Wildman–Crippen MR) is 74.9 cm³/mol. The molecule has 1 aromatic heterocycles. The number of benzene rings is 1. The van der Waals surface area contributed by atoms with E-state index in [2.05, 4.69) is 26.3 Å². The molecule has 0 fully saturated rings. The molecule has 23 heavy (non-hydrogen) atoms. The number of nitrogens with one attached hydrogen (secondary N) is 1. The highest BCUT2D eigenvalue weighted by Gasteiger charge is 2.22. The van der Waals surface area contributed by atoms with E-state index < -0.39 is 42.5 Å². The number of alkyl halides is 4. The van der Waals surface area contributed by atoms with Gasteiger partial charge in [0.1, 0.15) is 23.7 Å². The molecule has 1 amide bonds. The topological polar surface area (TPSA) is 46.9 Å². The summed E-state index contributed by atoms with van der Waals surface area (Å²) in [6.07, 6.45) is -6.12. The van der Waals surface area contributed by atoms with Gasteiger partial charge < -0.3 is 5.32 Å². The second-order valence-electron chi connectivity index (χ2n) is 4.43. The first kappa shape index (κ1) is 17.4. The average molecular weight is 398 g/mol. The lowest BCUT2D eigenvalue weighted by atomic mass is 10.3. The second kappa shape index (κ2) is 7.07. The molecular formula is C13H9BrF5N3O. The summed E-state index contributed by atoms with van der Waals surface area (Å²) in [7, 11) is 0. The molecule has 0 saturated carbocycles. The normalized spacial score (nSPS) is 11.3. The van der Waals surface area contributed by atoms with E-state index in [-0.39, 0.29) is 5.69 Å². The molecule has 0 aliphatic heterocycles. The lowest BCUT2D eigenvalue weighted by molar-refractivity contribution is -0.117. The Morgan fingerprint density at radius 2 is 1.91 bits per heavy atom. The van der Waals surface area contributed by atoms with Crippen molar-refractivity contribution in [1.29, 1.82) is 0 Å². The molecule has 0 aliphatic carbocycles. The van der Waals surface area contributed by atoms with E-state index in [9.17, 15) is 26.7 Å². The summed E-state index contributed by atoms with van der Waals surface area (Å²) in [6, 6.07) is 4.36. The Bertz CT molecular complexity index is 720. The van der Waals surface area contributed by atoms with Crippen LogP contribution >= 0.6 is 15.9 Å². The van der Waals surface area contributed by atoms with E-state index in [4.69, 9.17) is 0 Å². The lowest BCUT2D eigenvalue weighted by Crippen LogP contribution is -2.21. The number of aromatic nitrogens is 2. The van der Waals surface area contributed by atoms with Crippen LogP contribution in [0.1, 0.15) is 24.2 Å². The first-order valence-electron chi connectivity index (χ1n) is 6.16. The fourth-order valence-corrected chi connectivity index (χ4v) is 2.11. The zero-order valence-electron chi connectivity index (χ0n) is 11.2. The van der Waals surface area contributed by atoms with Crippen LogP contribution < -0.4 is 5.32 Å². The number of anilines is 1. The molecule has 1 N–H and O–H groups in total. The van der Waals surface area contributed by atoms with Crippen LogP contribution in [0.3, 0.4) is 0 Å². The molecule has 0 unspecified atom stereocenters. The average Bonchev–Trinajstić information content (AvgIpc) is 2.86. The van der Waals surface area contributed by atoms with Crippen LogP contribution in [0.4, 0.5) is 27.6 Å². The Morgan fingerprint density at radius 1 is 1.22 bits per heavy atom. The lowest BCUT2D eigenvalue weighted by Gasteiger charge is -2.09. The Balaban J connectivity index is 2.16. The molecule has 0 bridgehead atoms. The molecule has 4 nitrogen and oxygen atoms in total. The van der Waals surface area contributed by atoms with E-state index in [1.54, 1.807) is 0 Å². The summed E-state index contributed by atoms with van der Waals surface area (Å²) in [5, 5.41) is 5.44. The second-order valence-corrected chi connectivity index (χ2v) is 5.34. The fraction of sp³-hybridized carbons (Fsp3) is 0.231. The molecule has 0 spiro atoms. The number of rotatable bonds is 5. The number of amides is 1. The minimum Gasteiger partial charge on any atom is -0.322 e. The zero-order valence-corrected chi connectivity index (χ0v) is 12.8. The summed E-state index contributed by atoms with van der Waals surface area (Å²) >= 11 is 3.04. The minimum absolute atomic E-state index is 0.168. The van der Waals surface area contributed by atoms with Crippen molar-refractivity contribution < 1.29 is 26.7 Å². The van der Waals surface area contributed by atoms with Gasteiger partial charge in [0.15, 0.2) is 0 Å². The number of hydrogen-bond donors (Lipinski definition) is 1. The van der Waals surface area contributed by atoms with Crippen molar-refractivity contribution in [3.8, 4) is 0 Å². The van der Waals surface area contributed by atoms with Gasteiger partial charge in [-0.1, -0.05) is 15.9 Å². The monoisotopic (exact) mass is 397 g/mol. The van der Waals surface area contributed by atoms with Gasteiger partial charge in [0, 0.05) is 4.47 Å². The van der Waals surface area contributed by atoms with Crippen molar-refractivity contribution in [3.63, 3.8) is 0 Å². The molecule has 0 saturated heterocycles. The van der Waals surface area contributed by atoms with Gasteiger partial charge in [-0.25, -0.2) is 22.0 Å². The number of carbonyl (C=O) groups is 1. The van der Waals surface area contributed by atoms with Gasteiger partial charge in [0.05, 0.1) is 5.69 Å². The molecule has 0 radical (unpaired) electrons. The maximum absolute atomic E-state index is 13.6. The molecule has 0 aliphatic rings. The Hall–Kier alpha value is -1.97. The van der Waals surface area contributed by atoms with E-state index in [1.165, 1.54) is 12.1 Å². The van der Waals surface area contributed by atoms with Crippen molar-refractivity contribution >= 4 is 27.5 Å². The van der Waals surface area contributed by atoms with Gasteiger partial charge in [-0.05, 0) is 24.3 Å². The highest BCUT2D eigenvalue weighted by molar-refractivity contribution is 9.10. The highest BCUT2D eigenvalue weighted by atomic mass is 79.9. The summed E-state index contributed by atoms with van der Waals surface area (Å²) < 4.78 is 65.1. The van der Waals surface area contributed by atoms with Crippen LogP contribution in [-0.2, 0) is 11.3 Å². The largest absolute Gasteiger partial charge is 0.322 e. The summed E-state index contributed by atoms with van der Waals surface area (Å²) in [5.74, 6) is -1.62. The highest BCUT2D eigenvalue weighted by Crippen LogP contribution is 2.25. The van der Waals surface area contributed by atoms with Gasteiger partial charge in [0.25, 0.3) is 12.9 Å². The summed E-state index contributed by atoms with van der Waals surface area (Å²) in [4.78, 5) is 11.8. The third-order valence-electron chi connectivity index (χ3n) is 2.78. The molecular weight excluding hydrogens is 389 g/mol. The van der Waals surface area contributed by atoms with Crippen LogP contribution in [-0.4, -0.2) is 15.7 Å². The summed E-state index contributed by atoms with van der Waals surface area (Å²) in [6.45, 7) is -0.748. The van der Waals surface area contributed by atoms with E-state index >= 15 is 0 Å². The Morgan fingerprint density at radius 3 is 2.48 bits per heavy atom. The number of halogens is 6. The smallest absolute Gasteiger partial charge is 0.282 e. The van der Waals surface area contributed by atoms with Crippen LogP contribution in [0.5, 0.6) is 0 Å².